The molecule has 3 heteroatoms. The second-order valence-electron chi connectivity index (χ2n) is 6.15. The number of hydrogen-bond acceptors (Lipinski definition) is 3. The number of ether oxygens (including phenoxy) is 1. The summed E-state index contributed by atoms with van der Waals surface area (Å²) in [6.07, 6.45) is 1.41. The van der Waals surface area contributed by atoms with Crippen molar-refractivity contribution in [2.45, 2.75) is 33.6 Å². The third-order valence-electron chi connectivity index (χ3n) is 4.64. The highest BCUT2D eigenvalue weighted by Crippen LogP contribution is 2.37. The summed E-state index contributed by atoms with van der Waals surface area (Å²) >= 11 is 0. The Morgan fingerprint density at radius 1 is 1.45 bits per heavy atom. The van der Waals surface area contributed by atoms with Crippen molar-refractivity contribution >= 4 is 5.78 Å². The first kappa shape index (κ1) is 15.0. The van der Waals surface area contributed by atoms with E-state index < -0.39 is 0 Å². The first-order valence-electron chi connectivity index (χ1n) is 7.37. The van der Waals surface area contributed by atoms with Crippen molar-refractivity contribution in [3.8, 4) is 5.75 Å². The summed E-state index contributed by atoms with van der Waals surface area (Å²) in [4.78, 5) is 12.9. The van der Waals surface area contributed by atoms with Crippen LogP contribution in [-0.2, 0) is 11.2 Å². The summed E-state index contributed by atoms with van der Waals surface area (Å²) in [5, 5.41) is 3.35. The van der Waals surface area contributed by atoms with Gasteiger partial charge in [-0.3, -0.25) is 4.79 Å². The van der Waals surface area contributed by atoms with Crippen LogP contribution >= 0.6 is 0 Å². The van der Waals surface area contributed by atoms with Crippen LogP contribution < -0.4 is 10.1 Å². The lowest BCUT2D eigenvalue weighted by Gasteiger charge is -2.31. The molecule has 0 spiro atoms. The number of benzene rings is 1. The number of carbonyl (C=O) groups is 1. The van der Waals surface area contributed by atoms with Crippen molar-refractivity contribution < 1.29 is 9.53 Å². The molecule has 1 N–H and O–H groups in total. The van der Waals surface area contributed by atoms with Gasteiger partial charge in [-0.15, -0.1) is 0 Å². The van der Waals surface area contributed by atoms with Crippen molar-refractivity contribution in [1.82, 2.24) is 5.32 Å². The third kappa shape index (κ3) is 2.73. The number of rotatable bonds is 5. The lowest BCUT2D eigenvalue weighted by Crippen LogP contribution is -2.39. The second kappa shape index (κ2) is 5.96. The highest BCUT2D eigenvalue weighted by molar-refractivity contribution is 5.88. The molecular formula is C17H25NO2. The van der Waals surface area contributed by atoms with E-state index in [0.717, 1.165) is 36.4 Å². The fraction of sp³-hybridized carbons (Fsp3) is 0.588. The summed E-state index contributed by atoms with van der Waals surface area (Å²) in [6.45, 7) is 8.09. The number of nitrogens with one attached hydrogen (secondary N) is 1. The predicted molar refractivity (Wildman–Crippen MR) is 81.2 cm³/mol. The Hall–Kier alpha value is -1.35. The molecule has 0 amide bonds. The van der Waals surface area contributed by atoms with Gasteiger partial charge in [0, 0.05) is 23.9 Å². The van der Waals surface area contributed by atoms with Gasteiger partial charge < -0.3 is 10.1 Å². The molecule has 1 saturated heterocycles. The minimum atomic E-state index is -0.214. The van der Waals surface area contributed by atoms with E-state index in [1.54, 1.807) is 7.11 Å². The molecule has 1 aliphatic rings. The maximum atomic E-state index is 12.9. The summed E-state index contributed by atoms with van der Waals surface area (Å²) in [5.74, 6) is 1.51. The zero-order chi connectivity index (χ0) is 14.8. The Bertz CT molecular complexity index is 488. The molecule has 0 aromatic heterocycles. The van der Waals surface area contributed by atoms with Gasteiger partial charge in [0.05, 0.1) is 7.11 Å². The van der Waals surface area contributed by atoms with Gasteiger partial charge in [-0.25, -0.2) is 0 Å². The smallest absolute Gasteiger partial charge is 0.145 e. The minimum Gasteiger partial charge on any atom is -0.496 e. The molecule has 0 aliphatic carbocycles. The number of Topliss-reactive ketones (excluding diaryl/α,β-unsaturated/α-hetero) is 1. The van der Waals surface area contributed by atoms with Crippen molar-refractivity contribution in [2.24, 2.45) is 11.3 Å². The lowest BCUT2D eigenvalue weighted by atomic mass is 9.71. The maximum Gasteiger partial charge on any atom is 0.145 e. The number of aryl methyl sites for hydroxylation is 1. The molecule has 20 heavy (non-hydrogen) atoms. The monoisotopic (exact) mass is 275 g/mol. The summed E-state index contributed by atoms with van der Waals surface area (Å²) in [7, 11) is 1.66. The molecule has 3 nitrogen and oxygen atoms in total. The van der Waals surface area contributed by atoms with Crippen LogP contribution in [0.5, 0.6) is 5.75 Å². The van der Waals surface area contributed by atoms with E-state index in [4.69, 9.17) is 4.74 Å². The molecule has 1 unspecified atom stereocenters. The molecule has 1 aliphatic heterocycles. The molecule has 1 fully saturated rings. The standard InChI is InChI=1S/C17H25NO2/c1-12(2)17(7-8-18-11-17)16(19)10-14-9-13(3)5-6-15(14)20-4/h5-6,9,12,18H,7-8,10-11H2,1-4H3. The molecule has 0 radical (unpaired) electrons. The second-order valence-corrected chi connectivity index (χ2v) is 6.15. The number of carbonyl (C=O) groups excluding carboxylic acids is 1. The van der Waals surface area contributed by atoms with Crippen molar-refractivity contribution in [2.75, 3.05) is 20.2 Å². The van der Waals surface area contributed by atoms with Crippen molar-refractivity contribution in [3.05, 3.63) is 29.3 Å². The lowest BCUT2D eigenvalue weighted by molar-refractivity contribution is -0.129. The summed E-state index contributed by atoms with van der Waals surface area (Å²) < 4.78 is 5.39. The number of methoxy groups -OCH3 is 1. The van der Waals surface area contributed by atoms with E-state index in [2.05, 4.69) is 25.2 Å². The van der Waals surface area contributed by atoms with Crippen molar-refractivity contribution in [3.63, 3.8) is 0 Å². The largest absolute Gasteiger partial charge is 0.496 e. The Morgan fingerprint density at radius 3 is 2.75 bits per heavy atom. The average Bonchev–Trinajstić information content (AvgIpc) is 2.89. The Labute approximate surface area is 121 Å². The highest BCUT2D eigenvalue weighted by Gasteiger charge is 2.43. The summed E-state index contributed by atoms with van der Waals surface area (Å²) in [6, 6.07) is 6.03. The minimum absolute atomic E-state index is 0.214. The first-order valence-corrected chi connectivity index (χ1v) is 7.37. The van der Waals surface area contributed by atoms with Gasteiger partial charge in [-0.2, -0.15) is 0 Å². The molecule has 0 bridgehead atoms. The van der Waals surface area contributed by atoms with Crippen LogP contribution in [-0.4, -0.2) is 26.0 Å². The van der Waals surface area contributed by atoms with Gasteiger partial charge in [-0.05, 0) is 31.9 Å². The molecule has 1 atom stereocenters. The van der Waals surface area contributed by atoms with Gasteiger partial charge in [0.1, 0.15) is 11.5 Å². The van der Waals surface area contributed by atoms with E-state index in [1.165, 1.54) is 0 Å². The van der Waals surface area contributed by atoms with E-state index in [-0.39, 0.29) is 5.41 Å². The Morgan fingerprint density at radius 2 is 2.20 bits per heavy atom. The van der Waals surface area contributed by atoms with E-state index >= 15 is 0 Å². The third-order valence-corrected chi connectivity index (χ3v) is 4.64. The van der Waals surface area contributed by atoms with Crippen LogP contribution in [0.3, 0.4) is 0 Å². The van der Waals surface area contributed by atoms with Gasteiger partial charge in [-0.1, -0.05) is 31.5 Å². The van der Waals surface area contributed by atoms with Gasteiger partial charge >= 0.3 is 0 Å². The summed E-state index contributed by atoms with van der Waals surface area (Å²) in [5.41, 5.74) is 1.95. The fourth-order valence-electron chi connectivity index (χ4n) is 3.16. The number of ketones is 1. The van der Waals surface area contributed by atoms with Crippen LogP contribution in [0, 0.1) is 18.3 Å². The van der Waals surface area contributed by atoms with Crippen LogP contribution in [0.1, 0.15) is 31.4 Å². The van der Waals surface area contributed by atoms with Gasteiger partial charge in [0.25, 0.3) is 0 Å². The van der Waals surface area contributed by atoms with Gasteiger partial charge in [0.15, 0.2) is 0 Å². The molecule has 110 valence electrons. The average molecular weight is 275 g/mol. The van der Waals surface area contributed by atoms with Gasteiger partial charge in [0.2, 0.25) is 0 Å². The van der Waals surface area contributed by atoms with E-state index in [1.807, 2.05) is 19.1 Å². The number of hydrogen-bond donors (Lipinski definition) is 1. The van der Waals surface area contributed by atoms with Crippen LogP contribution in [0.4, 0.5) is 0 Å². The molecule has 0 saturated carbocycles. The topological polar surface area (TPSA) is 38.3 Å². The Kier molecular flexibility index (Phi) is 4.48. The van der Waals surface area contributed by atoms with Crippen LogP contribution in [0.15, 0.2) is 18.2 Å². The fourth-order valence-corrected chi connectivity index (χ4v) is 3.16. The molecule has 2 rings (SSSR count). The molecule has 1 aromatic rings. The molecule has 1 aromatic carbocycles. The highest BCUT2D eigenvalue weighted by atomic mass is 16.5. The van der Waals surface area contributed by atoms with Crippen molar-refractivity contribution in [1.29, 1.82) is 0 Å². The first-order chi connectivity index (χ1) is 9.49. The van der Waals surface area contributed by atoms with E-state index in [0.29, 0.717) is 18.1 Å². The van der Waals surface area contributed by atoms with Crippen LogP contribution in [0.25, 0.3) is 0 Å². The zero-order valence-electron chi connectivity index (χ0n) is 13.0. The van der Waals surface area contributed by atoms with Crippen LogP contribution in [0.2, 0.25) is 0 Å². The Balaban J connectivity index is 2.25. The predicted octanol–water partition coefficient (Wildman–Crippen LogP) is 2.75. The SMILES string of the molecule is COc1ccc(C)cc1CC(=O)C1(C(C)C)CCNC1. The molecular weight excluding hydrogens is 250 g/mol. The van der Waals surface area contributed by atoms with E-state index in [9.17, 15) is 4.79 Å². The zero-order valence-corrected chi connectivity index (χ0v) is 13.0. The quantitative estimate of drug-likeness (QED) is 0.898. The molecule has 1 heterocycles. The maximum absolute atomic E-state index is 12.9. The normalized spacial score (nSPS) is 22.2.